The first kappa shape index (κ1) is 30.2. The molecule has 0 saturated carbocycles. The van der Waals surface area contributed by atoms with E-state index in [9.17, 15) is 41.7 Å². The van der Waals surface area contributed by atoms with Crippen LogP contribution >= 0.6 is 0 Å². The van der Waals surface area contributed by atoms with Crippen LogP contribution in [0.1, 0.15) is 18.5 Å². The van der Waals surface area contributed by atoms with Gasteiger partial charge in [0.1, 0.15) is 12.1 Å². The van der Waals surface area contributed by atoms with Crippen molar-refractivity contribution < 1.29 is 71.3 Å². The molecule has 0 spiro atoms. The third-order valence-electron chi connectivity index (χ3n) is 5.52. The molecule has 2 saturated heterocycles. The Morgan fingerprint density at radius 3 is 2.30 bits per heavy atom. The van der Waals surface area contributed by atoms with Gasteiger partial charge >= 0.3 is 47.4 Å². The monoisotopic (exact) mass is 546 g/mol. The van der Waals surface area contributed by atoms with Crippen molar-refractivity contribution in [3.05, 3.63) is 35.9 Å². The number of carbonyl (C=O) groups is 6. The van der Waals surface area contributed by atoms with Crippen molar-refractivity contribution in [3.8, 4) is 0 Å². The quantitative estimate of drug-likeness (QED) is 0.123. The van der Waals surface area contributed by atoms with Crippen LogP contribution in [0.25, 0.3) is 0 Å². The van der Waals surface area contributed by atoms with Gasteiger partial charge in [0.25, 0.3) is 5.91 Å². The Labute approximate surface area is 234 Å². The second-order valence-corrected chi connectivity index (χ2v) is 9.10. The normalized spacial score (nSPS) is 18.4. The predicted molar refractivity (Wildman–Crippen MR) is 118 cm³/mol. The molecule has 194 valence electrons. The van der Waals surface area contributed by atoms with E-state index in [2.05, 4.69) is 16.0 Å². The largest absolute Gasteiger partial charge is 1.00 e. The fraction of sp³-hybridized carbons (Fsp3) is 0.400. The maximum atomic E-state index is 12.8. The van der Waals surface area contributed by atoms with Gasteiger partial charge in [-0.15, -0.1) is 0 Å². The van der Waals surface area contributed by atoms with Crippen LogP contribution < -0.4 is 45.5 Å². The summed E-state index contributed by atoms with van der Waals surface area (Å²) in [5, 5.41) is 6.88. The number of hydrogen-bond acceptors (Lipinski definition) is 9. The number of nitrogens with zero attached hydrogens (tertiary/aromatic N) is 3. The second kappa shape index (κ2) is 12.5. The van der Waals surface area contributed by atoms with Crippen molar-refractivity contribution in [1.29, 1.82) is 0 Å². The molecule has 2 fully saturated rings. The Bertz CT molecular complexity index is 1200. The molecular formula is C20H23N6NaO9S. The summed E-state index contributed by atoms with van der Waals surface area (Å²) in [6.07, 6.45) is 0. The second-order valence-electron chi connectivity index (χ2n) is 7.80. The first-order valence-electron chi connectivity index (χ1n) is 10.7. The van der Waals surface area contributed by atoms with Crippen molar-refractivity contribution in [3.63, 3.8) is 0 Å². The van der Waals surface area contributed by atoms with Gasteiger partial charge in [-0.3, -0.25) is 28.9 Å². The zero-order valence-electron chi connectivity index (χ0n) is 20.0. The number of likely N-dealkylation sites (N-methyl/N-ethyl adjacent to an activating group) is 1. The zero-order valence-corrected chi connectivity index (χ0v) is 22.8. The molecule has 17 heteroatoms. The first-order chi connectivity index (χ1) is 16.9. The first-order valence-corrected chi connectivity index (χ1v) is 12.1. The van der Waals surface area contributed by atoms with Gasteiger partial charge in [0.05, 0.1) is 13.1 Å². The van der Waals surface area contributed by atoms with Crippen LogP contribution in [0.3, 0.4) is 0 Å². The number of amides is 7. The third-order valence-corrected chi connectivity index (χ3v) is 6.38. The predicted octanol–water partition coefficient (Wildman–Crippen LogP) is -5.96. The van der Waals surface area contributed by atoms with Gasteiger partial charge in [0.15, 0.2) is 10.3 Å². The van der Waals surface area contributed by atoms with Gasteiger partial charge in [-0.05, 0) is 12.5 Å². The molecule has 0 aromatic heterocycles. The number of carbonyl (C=O) groups excluding carboxylic acids is 6. The van der Waals surface area contributed by atoms with E-state index in [1.807, 2.05) is 0 Å². The molecule has 1 unspecified atom stereocenters. The molecule has 0 bridgehead atoms. The van der Waals surface area contributed by atoms with Crippen LogP contribution in [0.15, 0.2) is 30.3 Å². The molecular weight excluding hydrogens is 523 g/mol. The molecule has 2 heterocycles. The number of hydrogen-bond donors (Lipinski definition) is 3. The summed E-state index contributed by atoms with van der Waals surface area (Å²) in [7, 11) is -4.99. The number of nitrogens with one attached hydrogen (secondary N) is 3. The maximum absolute atomic E-state index is 12.8. The van der Waals surface area contributed by atoms with Crippen LogP contribution in [0.2, 0.25) is 0 Å². The average Bonchev–Trinajstić information content (AvgIpc) is 2.84. The molecule has 1 aromatic rings. The topological polar surface area (TPSA) is 205 Å². The van der Waals surface area contributed by atoms with E-state index in [0.717, 1.165) is 0 Å². The summed E-state index contributed by atoms with van der Waals surface area (Å²) in [5.41, 5.74) is 0.311. The Hall–Kier alpha value is -3.05. The van der Waals surface area contributed by atoms with Crippen molar-refractivity contribution in [2.75, 3.05) is 32.7 Å². The summed E-state index contributed by atoms with van der Waals surface area (Å²) >= 11 is 0. The van der Waals surface area contributed by atoms with Crippen LogP contribution in [0.4, 0.5) is 4.79 Å². The minimum Gasteiger partial charge on any atom is -0.731 e. The third kappa shape index (κ3) is 7.04. The maximum Gasteiger partial charge on any atom is 1.00 e. The number of β-lactam (4-membered cyclic amide) rings is 1. The Morgan fingerprint density at radius 1 is 1.08 bits per heavy atom. The molecule has 15 nitrogen and oxygen atoms in total. The molecule has 0 aliphatic carbocycles. The van der Waals surface area contributed by atoms with Gasteiger partial charge in [-0.25, -0.2) is 17.5 Å². The Kier molecular flexibility index (Phi) is 10.2. The molecule has 3 N–H and O–H groups in total. The van der Waals surface area contributed by atoms with Crippen molar-refractivity contribution in [1.82, 2.24) is 30.1 Å². The summed E-state index contributed by atoms with van der Waals surface area (Å²) in [4.78, 5) is 75.5. The number of benzene rings is 1. The van der Waals surface area contributed by atoms with Gasteiger partial charge in [-0.1, -0.05) is 30.3 Å². The van der Waals surface area contributed by atoms with E-state index in [4.69, 9.17) is 0 Å². The fourth-order valence-electron chi connectivity index (χ4n) is 3.54. The molecule has 2 atom stereocenters. The van der Waals surface area contributed by atoms with E-state index >= 15 is 0 Å². The van der Waals surface area contributed by atoms with Crippen LogP contribution in [0.5, 0.6) is 0 Å². The molecule has 3 rings (SSSR count). The summed E-state index contributed by atoms with van der Waals surface area (Å²) in [5.74, 6) is -4.66. The molecule has 2 aliphatic heterocycles. The fourth-order valence-corrected chi connectivity index (χ4v) is 4.22. The SMILES string of the molecule is CCN1CCN(C(=O)NCC(=O)N[C@@H](C(=O)NC2CN(S(=O)(=O)[O-])C2=O)c2ccccc2)C(=O)C1=O.[Na+]. The number of piperazine rings is 1. The summed E-state index contributed by atoms with van der Waals surface area (Å²) < 4.78 is 33.0. The van der Waals surface area contributed by atoms with E-state index < -0.39 is 71.0 Å². The molecule has 37 heavy (non-hydrogen) atoms. The van der Waals surface area contributed by atoms with Crippen molar-refractivity contribution in [2.45, 2.75) is 19.0 Å². The Morgan fingerprint density at radius 2 is 1.73 bits per heavy atom. The van der Waals surface area contributed by atoms with Gasteiger partial charge < -0.3 is 25.4 Å². The number of rotatable bonds is 8. The minimum atomic E-state index is -4.99. The smallest absolute Gasteiger partial charge is 0.731 e. The summed E-state index contributed by atoms with van der Waals surface area (Å²) in [6, 6.07) is 4.29. The van der Waals surface area contributed by atoms with Gasteiger partial charge in [-0.2, -0.15) is 0 Å². The van der Waals surface area contributed by atoms with E-state index in [-0.39, 0.29) is 47.0 Å². The summed E-state index contributed by atoms with van der Waals surface area (Å²) in [6.45, 7) is 0.916. The Balaban J connectivity index is 0.00000481. The minimum absolute atomic E-state index is 0. The van der Waals surface area contributed by atoms with E-state index in [1.54, 1.807) is 25.1 Å². The van der Waals surface area contributed by atoms with Crippen LogP contribution in [-0.2, 0) is 34.3 Å². The molecule has 7 amide bonds. The van der Waals surface area contributed by atoms with Gasteiger partial charge in [0.2, 0.25) is 11.8 Å². The van der Waals surface area contributed by atoms with Crippen LogP contribution in [0, 0.1) is 0 Å². The molecule has 1 aromatic carbocycles. The molecule has 0 radical (unpaired) electrons. The van der Waals surface area contributed by atoms with E-state index in [1.165, 1.54) is 17.0 Å². The zero-order chi connectivity index (χ0) is 26.6. The van der Waals surface area contributed by atoms with Crippen LogP contribution in [-0.4, -0.2) is 101 Å². The van der Waals surface area contributed by atoms with Gasteiger partial charge in [0, 0.05) is 19.6 Å². The van der Waals surface area contributed by atoms with Crippen molar-refractivity contribution >= 4 is 45.9 Å². The average molecular weight is 546 g/mol. The number of urea groups is 1. The van der Waals surface area contributed by atoms with Crippen molar-refractivity contribution in [2.24, 2.45) is 0 Å². The number of imide groups is 1. The van der Waals surface area contributed by atoms with E-state index in [0.29, 0.717) is 17.0 Å². The molecule has 2 aliphatic rings. The standard InChI is InChI=1S/C20H24N6O9S.Na/c1-2-24-8-9-25(19(31)18(24)30)20(32)21-10-14(27)23-15(12-6-4-3-5-7-12)16(28)22-13-11-26(17(13)29)36(33,34)35;/h3-7,13,15H,2,8-11H2,1H3,(H,21,32)(H,22,28)(H,23,27)(H,33,34,35);/q;+1/p-1/t13?,15-;/m1./s1.